The van der Waals surface area contributed by atoms with E-state index in [1.807, 2.05) is 3.88 Å². The molecule has 0 amide bonds. The van der Waals surface area contributed by atoms with Crippen molar-refractivity contribution in [3.63, 3.8) is 0 Å². The van der Waals surface area contributed by atoms with Crippen LogP contribution in [0.25, 0.3) is 0 Å². The van der Waals surface area contributed by atoms with Gasteiger partial charge in [-0.25, -0.2) is 0 Å². The van der Waals surface area contributed by atoms with Gasteiger partial charge in [-0.05, 0) is 0 Å². The van der Waals surface area contributed by atoms with Crippen LogP contribution in [0.15, 0.2) is 20.6 Å². The molecule has 1 aliphatic carbocycles. The zero-order chi connectivity index (χ0) is 17.5. The molecule has 22 heavy (non-hydrogen) atoms. The third kappa shape index (κ3) is 3.27. The normalized spacial score (nSPS) is 24.0. The Morgan fingerprint density at radius 1 is 1.00 bits per heavy atom. The summed E-state index contributed by atoms with van der Waals surface area (Å²) < 4.78 is 8.80. The first-order valence-corrected chi connectivity index (χ1v) is 15.7. The maximum absolute atomic E-state index is 4.22. The summed E-state index contributed by atoms with van der Waals surface area (Å²) >= 11 is -2.29. The van der Waals surface area contributed by atoms with E-state index in [4.69, 9.17) is 0 Å². The third-order valence-corrected chi connectivity index (χ3v) is 18.3. The van der Waals surface area contributed by atoms with Gasteiger partial charge in [-0.15, -0.1) is 0 Å². The Kier molecular flexibility index (Phi) is 6.22. The van der Waals surface area contributed by atoms with Crippen LogP contribution in [-0.2, 0) is 16.8 Å². The predicted octanol–water partition coefficient (Wildman–Crippen LogP) is 6.19. The number of nitrogens with one attached hydrogen (secondary N) is 1. The Hall–Kier alpha value is 0.371. The van der Waals surface area contributed by atoms with Crippen molar-refractivity contribution in [1.82, 2.24) is 3.80 Å². The van der Waals surface area contributed by atoms with E-state index in [1.54, 1.807) is 16.7 Å². The quantitative estimate of drug-likeness (QED) is 0.578. The summed E-state index contributed by atoms with van der Waals surface area (Å²) in [4.78, 5) is 0. The van der Waals surface area contributed by atoms with E-state index in [0.29, 0.717) is 5.04 Å². The first-order chi connectivity index (χ1) is 9.87. The number of hydrogen-bond donors (Lipinski definition) is 1. The van der Waals surface area contributed by atoms with Crippen LogP contribution >= 0.6 is 0 Å². The Morgan fingerprint density at radius 2 is 1.45 bits per heavy atom. The summed E-state index contributed by atoms with van der Waals surface area (Å²) in [5, 5.41) is 0.387. The second-order valence-corrected chi connectivity index (χ2v) is 19.0. The molecule has 128 valence electrons. The molecule has 0 saturated heterocycles. The number of rotatable bonds is 5. The summed E-state index contributed by atoms with van der Waals surface area (Å²) in [6.07, 6.45) is 0. The van der Waals surface area contributed by atoms with Crippen LogP contribution in [0, 0.1) is 0 Å². The van der Waals surface area contributed by atoms with E-state index < -0.39 is 25.6 Å². The molecule has 1 N–H and O–H groups in total. The summed E-state index contributed by atoms with van der Waals surface area (Å²) in [5.74, 6) is 0. The van der Waals surface area contributed by atoms with E-state index in [2.05, 4.69) is 79.2 Å². The Balaban J connectivity index is 3.61. The third-order valence-electron chi connectivity index (χ3n) is 6.25. The number of hydrogen-bond acceptors (Lipinski definition) is 1. The Bertz CT molecular complexity index is 492. The van der Waals surface area contributed by atoms with Gasteiger partial charge < -0.3 is 0 Å². The second-order valence-electron chi connectivity index (χ2n) is 8.77. The SMILES string of the molecule is C[CH2][Ti]([CH2]C)([NH]C(C)(C)C)[C]1=C(C)C(C)=C(C)C1(C)[SiH](C)C. The van der Waals surface area contributed by atoms with Crippen LogP contribution in [0.2, 0.25) is 27.6 Å². The van der Waals surface area contributed by atoms with Crippen molar-refractivity contribution in [1.29, 1.82) is 0 Å². The molecule has 0 radical (unpaired) electrons. The van der Waals surface area contributed by atoms with Crippen molar-refractivity contribution in [2.45, 2.75) is 95.4 Å². The van der Waals surface area contributed by atoms with Gasteiger partial charge in [0, 0.05) is 0 Å². The molecule has 0 aromatic heterocycles. The zero-order valence-electron chi connectivity index (χ0n) is 17.0. The fourth-order valence-electron chi connectivity index (χ4n) is 4.57. The standard InChI is InChI=1S/C11H19Si.C4H10N.2C2H5.Ti/c1-8-7-11(4,12(5)6)10(3)9(8)2;1-4(2,3)5;2*1-2;/h12H,1-6H3;5H,1-3H3;2*1H2,2H3;/q;-1;;;+1. The second kappa shape index (κ2) is 6.70. The average molecular weight is 357 g/mol. The molecule has 0 aromatic carbocycles. The monoisotopic (exact) mass is 357 g/mol. The summed E-state index contributed by atoms with van der Waals surface area (Å²) in [6, 6.07) is 0. The Morgan fingerprint density at radius 3 is 1.77 bits per heavy atom. The van der Waals surface area contributed by atoms with Gasteiger partial charge in [-0.1, -0.05) is 0 Å². The predicted molar refractivity (Wildman–Crippen MR) is 102 cm³/mol. The molecular formula is C19H39NSiTi. The molecular weight excluding hydrogens is 318 g/mol. The van der Waals surface area contributed by atoms with Gasteiger partial charge in [-0.2, -0.15) is 0 Å². The first kappa shape index (κ1) is 20.4. The fourth-order valence-corrected chi connectivity index (χ4v) is 17.1. The van der Waals surface area contributed by atoms with E-state index in [0.717, 1.165) is 0 Å². The van der Waals surface area contributed by atoms with E-state index in [9.17, 15) is 0 Å². The minimum absolute atomic E-state index is 0.211. The van der Waals surface area contributed by atoms with E-state index in [-0.39, 0.29) is 5.54 Å². The van der Waals surface area contributed by atoms with E-state index >= 15 is 0 Å². The van der Waals surface area contributed by atoms with Crippen molar-refractivity contribution in [3.8, 4) is 0 Å². The molecule has 0 heterocycles. The summed E-state index contributed by atoms with van der Waals surface area (Å²) in [5.41, 5.74) is 5.12. The molecule has 0 aliphatic heterocycles. The van der Waals surface area contributed by atoms with Crippen LogP contribution in [0.3, 0.4) is 0 Å². The van der Waals surface area contributed by atoms with E-state index in [1.165, 1.54) is 9.45 Å². The molecule has 0 saturated carbocycles. The summed E-state index contributed by atoms with van der Waals surface area (Å²) in [7, 11) is -0.835. The molecule has 0 aromatic rings. The molecule has 1 nitrogen and oxygen atoms in total. The van der Waals surface area contributed by atoms with Crippen LogP contribution in [0.1, 0.15) is 62.3 Å². The van der Waals surface area contributed by atoms with Crippen molar-refractivity contribution in [2.75, 3.05) is 0 Å². The molecule has 3 heteroatoms. The van der Waals surface area contributed by atoms with Crippen LogP contribution in [-0.4, -0.2) is 14.3 Å². The van der Waals surface area contributed by atoms with Gasteiger partial charge in [0.05, 0.1) is 0 Å². The topological polar surface area (TPSA) is 12.0 Å². The number of allylic oxidation sites excluding steroid dienone is 4. The first-order valence-electron chi connectivity index (χ1n) is 9.06. The van der Waals surface area contributed by atoms with Gasteiger partial charge in [0.25, 0.3) is 0 Å². The molecule has 1 unspecified atom stereocenters. The molecule has 1 atom stereocenters. The van der Waals surface area contributed by atoms with Crippen molar-refractivity contribution >= 4 is 8.80 Å². The van der Waals surface area contributed by atoms with Crippen molar-refractivity contribution in [3.05, 3.63) is 20.6 Å². The zero-order valence-corrected chi connectivity index (χ0v) is 19.7. The molecule has 1 rings (SSSR count). The average Bonchev–Trinajstić information content (AvgIpc) is 2.58. The van der Waals surface area contributed by atoms with Gasteiger partial charge in [0.1, 0.15) is 0 Å². The molecule has 0 spiro atoms. The molecule has 1 aliphatic rings. The van der Waals surface area contributed by atoms with Crippen LogP contribution in [0.4, 0.5) is 0 Å². The minimum atomic E-state index is -2.29. The molecule has 0 fully saturated rings. The maximum atomic E-state index is 4.22. The van der Waals surface area contributed by atoms with Crippen molar-refractivity contribution < 1.29 is 16.8 Å². The summed E-state index contributed by atoms with van der Waals surface area (Å²) in [6.45, 7) is 26.8. The van der Waals surface area contributed by atoms with Crippen LogP contribution in [0.5, 0.6) is 0 Å². The van der Waals surface area contributed by atoms with Gasteiger partial charge >= 0.3 is 145 Å². The van der Waals surface area contributed by atoms with Gasteiger partial charge in [-0.3, -0.25) is 0 Å². The Labute approximate surface area is 145 Å². The van der Waals surface area contributed by atoms with Crippen LogP contribution < -0.4 is 3.80 Å². The fraction of sp³-hybridized carbons (Fsp3) is 0.789. The van der Waals surface area contributed by atoms with Crippen molar-refractivity contribution in [2.24, 2.45) is 0 Å². The van der Waals surface area contributed by atoms with Gasteiger partial charge in [0.2, 0.25) is 0 Å². The molecule has 0 bridgehead atoms. The van der Waals surface area contributed by atoms with Gasteiger partial charge in [0.15, 0.2) is 0 Å².